The second-order valence-electron chi connectivity index (χ2n) is 5.28. The van der Waals surface area contributed by atoms with Crippen LogP contribution in [0.25, 0.3) is 0 Å². The van der Waals surface area contributed by atoms with E-state index in [1.807, 2.05) is 32.3 Å². The van der Waals surface area contributed by atoms with Crippen LogP contribution in [0, 0.1) is 0 Å². The monoisotopic (exact) mass is 302 g/mol. The Morgan fingerprint density at radius 1 is 1.32 bits per heavy atom. The summed E-state index contributed by atoms with van der Waals surface area (Å²) in [4.78, 5) is 19.8. The van der Waals surface area contributed by atoms with E-state index in [9.17, 15) is 4.79 Å². The number of hydrogen-bond acceptors (Lipinski definition) is 6. The van der Waals surface area contributed by atoms with E-state index in [0.29, 0.717) is 35.4 Å². The minimum atomic E-state index is -0.428. The van der Waals surface area contributed by atoms with Crippen molar-refractivity contribution in [1.82, 2.24) is 14.9 Å². The Labute approximate surface area is 127 Å². The van der Waals surface area contributed by atoms with Crippen LogP contribution in [0.5, 0.6) is 17.2 Å². The summed E-state index contributed by atoms with van der Waals surface area (Å²) in [6.45, 7) is 1.56. The number of nitrogens with one attached hydrogen (secondary N) is 2. The molecule has 1 aromatic carbocycles. The number of rotatable bonds is 5. The second kappa shape index (κ2) is 6.07. The van der Waals surface area contributed by atoms with Crippen LogP contribution < -0.4 is 20.5 Å². The molecule has 0 atom stereocenters. The van der Waals surface area contributed by atoms with Crippen LogP contribution in [-0.4, -0.2) is 42.1 Å². The normalized spacial score (nSPS) is 12.1. The van der Waals surface area contributed by atoms with Gasteiger partial charge >= 0.3 is 5.69 Å². The first kappa shape index (κ1) is 14.4. The fourth-order valence-electron chi connectivity index (χ4n) is 2.19. The minimum absolute atomic E-state index is 0.389. The lowest BCUT2D eigenvalue weighted by Gasteiger charge is -2.22. The van der Waals surface area contributed by atoms with Crippen molar-refractivity contribution in [2.45, 2.75) is 6.42 Å². The Kier molecular flexibility index (Phi) is 3.97. The number of benzene rings is 1. The van der Waals surface area contributed by atoms with Gasteiger partial charge in [0, 0.05) is 6.54 Å². The van der Waals surface area contributed by atoms with Gasteiger partial charge in [-0.05, 0) is 32.6 Å². The molecule has 0 saturated carbocycles. The van der Waals surface area contributed by atoms with Gasteiger partial charge in [0.25, 0.3) is 0 Å². The third kappa shape index (κ3) is 3.04. The summed E-state index contributed by atoms with van der Waals surface area (Å²) in [7, 11) is 4.06. The van der Waals surface area contributed by atoms with Gasteiger partial charge in [0.05, 0.1) is 12.8 Å². The number of ether oxygens (including phenoxy) is 2. The zero-order valence-electron chi connectivity index (χ0n) is 12.5. The second-order valence-corrected chi connectivity index (χ2v) is 5.28. The number of aromatic amines is 1. The standard InChI is InChI=1S/C15H18N4O3/c1-19(2)7-4-8-21-10-5-3-6-11-13(10)17-14-12(22-11)9-16-15(20)18-14/h3,5-6,9H,4,7-8H2,1-2H3,(H2,16,17,18,20). The van der Waals surface area contributed by atoms with E-state index in [4.69, 9.17) is 9.47 Å². The Morgan fingerprint density at radius 3 is 3.00 bits per heavy atom. The van der Waals surface area contributed by atoms with Crippen LogP contribution in [0.15, 0.2) is 29.2 Å². The summed E-state index contributed by atoms with van der Waals surface area (Å²) in [5.41, 5.74) is 0.264. The maximum Gasteiger partial charge on any atom is 0.347 e. The molecule has 2 heterocycles. The molecule has 0 aliphatic carbocycles. The highest BCUT2D eigenvalue weighted by Crippen LogP contribution is 2.44. The van der Waals surface area contributed by atoms with Crippen LogP contribution in [0.3, 0.4) is 0 Å². The largest absolute Gasteiger partial charge is 0.491 e. The predicted octanol–water partition coefficient (Wildman–Crippen LogP) is 1.95. The molecular weight excluding hydrogens is 284 g/mol. The Morgan fingerprint density at radius 2 is 2.18 bits per heavy atom. The Bertz CT molecular complexity index is 727. The lowest BCUT2D eigenvalue weighted by molar-refractivity contribution is 0.282. The van der Waals surface area contributed by atoms with Crippen molar-refractivity contribution in [3.05, 3.63) is 34.9 Å². The molecule has 0 fully saturated rings. The maximum absolute atomic E-state index is 11.3. The van der Waals surface area contributed by atoms with E-state index in [1.165, 1.54) is 6.20 Å². The smallest absolute Gasteiger partial charge is 0.347 e. The quantitative estimate of drug-likeness (QED) is 0.701. The van der Waals surface area contributed by atoms with Crippen molar-refractivity contribution in [3.8, 4) is 17.2 Å². The summed E-state index contributed by atoms with van der Waals surface area (Å²) in [6, 6.07) is 5.57. The zero-order chi connectivity index (χ0) is 15.5. The van der Waals surface area contributed by atoms with Crippen molar-refractivity contribution < 1.29 is 9.47 Å². The van der Waals surface area contributed by atoms with E-state index < -0.39 is 5.69 Å². The molecule has 0 bridgehead atoms. The number of H-pyrrole nitrogens is 1. The summed E-state index contributed by atoms with van der Waals surface area (Å²) in [5.74, 6) is 2.20. The molecule has 1 aromatic heterocycles. The van der Waals surface area contributed by atoms with E-state index in [1.54, 1.807) is 0 Å². The molecule has 22 heavy (non-hydrogen) atoms. The minimum Gasteiger partial charge on any atom is -0.491 e. The highest BCUT2D eigenvalue weighted by atomic mass is 16.5. The number of nitrogens with zero attached hydrogens (tertiary/aromatic N) is 2. The van der Waals surface area contributed by atoms with Crippen LogP contribution in [-0.2, 0) is 0 Å². The number of fused-ring (bicyclic) bond motifs is 2. The summed E-state index contributed by atoms with van der Waals surface area (Å²) in [6.07, 6.45) is 2.41. The van der Waals surface area contributed by atoms with Crippen molar-refractivity contribution in [2.24, 2.45) is 0 Å². The van der Waals surface area contributed by atoms with Crippen molar-refractivity contribution in [1.29, 1.82) is 0 Å². The van der Waals surface area contributed by atoms with Crippen LogP contribution in [0.1, 0.15) is 6.42 Å². The van der Waals surface area contributed by atoms with E-state index in [2.05, 4.69) is 20.2 Å². The first-order valence-corrected chi connectivity index (χ1v) is 7.08. The third-order valence-electron chi connectivity index (χ3n) is 3.23. The SMILES string of the molecule is CN(C)CCCOc1cccc2c1Nc1nc(=O)[nH]cc1O2. The van der Waals surface area contributed by atoms with Gasteiger partial charge in [-0.2, -0.15) is 4.98 Å². The molecule has 3 rings (SSSR count). The van der Waals surface area contributed by atoms with Gasteiger partial charge in [-0.15, -0.1) is 0 Å². The lowest BCUT2D eigenvalue weighted by atomic mass is 10.2. The van der Waals surface area contributed by atoms with Gasteiger partial charge in [0.2, 0.25) is 0 Å². The lowest BCUT2D eigenvalue weighted by Crippen LogP contribution is -2.17. The first-order valence-electron chi connectivity index (χ1n) is 7.08. The number of aromatic nitrogens is 2. The molecule has 0 radical (unpaired) electrons. The molecule has 7 nitrogen and oxygen atoms in total. The van der Waals surface area contributed by atoms with Crippen molar-refractivity contribution >= 4 is 11.5 Å². The van der Waals surface area contributed by atoms with E-state index >= 15 is 0 Å². The zero-order valence-corrected chi connectivity index (χ0v) is 12.5. The van der Waals surface area contributed by atoms with Gasteiger partial charge in [-0.1, -0.05) is 6.07 Å². The maximum atomic E-state index is 11.3. The average Bonchev–Trinajstić information content (AvgIpc) is 2.49. The van der Waals surface area contributed by atoms with E-state index in [-0.39, 0.29) is 0 Å². The van der Waals surface area contributed by atoms with Gasteiger partial charge in [0.15, 0.2) is 17.3 Å². The molecule has 7 heteroatoms. The van der Waals surface area contributed by atoms with Crippen molar-refractivity contribution in [3.63, 3.8) is 0 Å². The molecule has 0 amide bonds. The fraction of sp³-hybridized carbons (Fsp3) is 0.333. The van der Waals surface area contributed by atoms with Crippen LogP contribution >= 0.6 is 0 Å². The molecule has 0 spiro atoms. The summed E-state index contributed by atoms with van der Waals surface area (Å²) >= 11 is 0. The predicted molar refractivity (Wildman–Crippen MR) is 83.3 cm³/mol. The van der Waals surface area contributed by atoms with Crippen LogP contribution in [0.2, 0.25) is 0 Å². The molecular formula is C15H18N4O3. The number of hydrogen-bond donors (Lipinski definition) is 2. The molecule has 2 N–H and O–H groups in total. The number of anilines is 2. The molecule has 0 unspecified atom stereocenters. The van der Waals surface area contributed by atoms with E-state index in [0.717, 1.165) is 13.0 Å². The molecule has 0 saturated heterocycles. The van der Waals surface area contributed by atoms with Gasteiger partial charge in [-0.25, -0.2) is 4.79 Å². The highest BCUT2D eigenvalue weighted by molar-refractivity contribution is 5.77. The molecule has 2 aromatic rings. The highest BCUT2D eigenvalue weighted by Gasteiger charge is 2.21. The fourth-order valence-corrected chi connectivity index (χ4v) is 2.19. The Hall–Kier alpha value is -2.54. The summed E-state index contributed by atoms with van der Waals surface area (Å²) in [5, 5.41) is 3.11. The van der Waals surface area contributed by atoms with Crippen LogP contribution in [0.4, 0.5) is 11.5 Å². The van der Waals surface area contributed by atoms with Gasteiger partial charge in [0.1, 0.15) is 11.4 Å². The van der Waals surface area contributed by atoms with Crippen molar-refractivity contribution in [2.75, 3.05) is 32.6 Å². The first-order chi connectivity index (χ1) is 10.6. The summed E-state index contributed by atoms with van der Waals surface area (Å²) < 4.78 is 11.6. The molecule has 116 valence electrons. The topological polar surface area (TPSA) is 79.5 Å². The Balaban J connectivity index is 1.77. The van der Waals surface area contributed by atoms with Gasteiger partial charge < -0.3 is 24.7 Å². The average molecular weight is 302 g/mol. The van der Waals surface area contributed by atoms with Gasteiger partial charge in [-0.3, -0.25) is 0 Å². The molecule has 1 aliphatic heterocycles. The number of para-hydroxylation sites is 1. The molecule has 1 aliphatic rings. The third-order valence-corrected chi connectivity index (χ3v) is 3.23.